The van der Waals surface area contributed by atoms with Crippen LogP contribution in [0.2, 0.25) is 0 Å². The molecule has 0 amide bonds. The second kappa shape index (κ2) is 6.94. The van der Waals surface area contributed by atoms with Crippen LogP contribution in [-0.4, -0.2) is 4.57 Å². The third-order valence-corrected chi connectivity index (χ3v) is 10.9. The topological polar surface area (TPSA) is 4.93 Å². The van der Waals surface area contributed by atoms with Crippen molar-refractivity contribution in [2.24, 2.45) is 0 Å². The summed E-state index contributed by atoms with van der Waals surface area (Å²) in [6.45, 7) is 6.52. The van der Waals surface area contributed by atoms with Crippen LogP contribution in [0.25, 0.3) is 66.5 Å². The normalized spacial score (nSPS) is 12.4. The fourth-order valence-corrected chi connectivity index (χ4v) is 9.52. The molecule has 0 atom stereocenters. The van der Waals surface area contributed by atoms with E-state index in [0.717, 1.165) is 0 Å². The molecule has 4 heterocycles. The lowest BCUT2D eigenvalue weighted by Crippen LogP contribution is -1.93. The molecule has 4 aromatic carbocycles. The van der Waals surface area contributed by atoms with Gasteiger partial charge in [0.25, 0.3) is 0 Å². The van der Waals surface area contributed by atoms with E-state index < -0.39 is 0 Å². The molecule has 0 unspecified atom stereocenters. The minimum Gasteiger partial charge on any atom is -0.308 e. The van der Waals surface area contributed by atoms with Crippen LogP contribution in [0.1, 0.15) is 16.7 Å². The molecule has 0 saturated heterocycles. The number of rotatable bonds is 1. The number of thiophene rings is 3. The third kappa shape index (κ3) is 2.73. The molecule has 0 spiro atoms. The Bertz CT molecular complexity index is 2130. The van der Waals surface area contributed by atoms with Crippen molar-refractivity contribution in [3.8, 4) is 5.69 Å². The van der Waals surface area contributed by atoms with Crippen molar-refractivity contribution < 1.29 is 0 Å². The second-order valence-corrected chi connectivity index (χ2v) is 12.8. The summed E-state index contributed by atoms with van der Waals surface area (Å²) in [6.07, 6.45) is 0. The van der Waals surface area contributed by atoms with Crippen molar-refractivity contribution >= 4 is 94.8 Å². The van der Waals surface area contributed by atoms with Gasteiger partial charge in [-0.3, -0.25) is 0 Å². The van der Waals surface area contributed by atoms with Gasteiger partial charge in [0, 0.05) is 41.3 Å². The Balaban J connectivity index is 1.56. The highest BCUT2D eigenvalue weighted by Crippen LogP contribution is 2.48. The van der Waals surface area contributed by atoms with Gasteiger partial charge in [-0.2, -0.15) is 0 Å². The number of nitrogens with zero attached hydrogens (tertiary/aromatic N) is 1. The molecule has 0 aliphatic rings. The number of aryl methyl sites for hydroxylation is 3. The molecule has 168 valence electrons. The van der Waals surface area contributed by atoms with Gasteiger partial charge in [0.2, 0.25) is 0 Å². The van der Waals surface area contributed by atoms with Gasteiger partial charge in [0.05, 0.1) is 25.1 Å². The highest BCUT2D eigenvalue weighted by atomic mass is 32.1. The summed E-state index contributed by atoms with van der Waals surface area (Å²) in [6, 6.07) is 27.6. The van der Waals surface area contributed by atoms with Crippen molar-refractivity contribution in [2.45, 2.75) is 20.8 Å². The first kappa shape index (κ1) is 20.1. The summed E-state index contributed by atoms with van der Waals surface area (Å²) in [5.41, 5.74) is 7.80. The zero-order chi connectivity index (χ0) is 23.4. The predicted octanol–water partition coefficient (Wildman–Crippen LogP) is 10.5. The maximum absolute atomic E-state index is 2.50. The lowest BCUT2D eigenvalue weighted by atomic mass is 10.1. The molecule has 1 nitrogen and oxygen atoms in total. The Kier molecular flexibility index (Phi) is 3.98. The van der Waals surface area contributed by atoms with Crippen molar-refractivity contribution in [3.05, 3.63) is 89.5 Å². The van der Waals surface area contributed by atoms with E-state index in [1.807, 2.05) is 34.0 Å². The van der Waals surface area contributed by atoms with Crippen LogP contribution in [0.3, 0.4) is 0 Å². The van der Waals surface area contributed by atoms with Crippen LogP contribution in [0.5, 0.6) is 0 Å². The van der Waals surface area contributed by atoms with Gasteiger partial charge >= 0.3 is 0 Å². The summed E-state index contributed by atoms with van der Waals surface area (Å²) in [5, 5.41) is 5.49. The number of aromatic nitrogens is 1. The Hall–Kier alpha value is -3.18. The molecule has 4 aromatic heterocycles. The lowest BCUT2D eigenvalue weighted by Gasteiger charge is -2.09. The maximum atomic E-state index is 2.50. The highest BCUT2D eigenvalue weighted by Gasteiger charge is 2.21. The molecule has 35 heavy (non-hydrogen) atoms. The fraction of sp³-hybridized carbons (Fsp3) is 0.0968. The molecular weight excluding hydrogens is 483 g/mol. The smallest absolute Gasteiger partial charge is 0.0727 e. The summed E-state index contributed by atoms with van der Waals surface area (Å²) in [7, 11) is 0. The molecule has 8 aromatic rings. The average Bonchev–Trinajstić information content (AvgIpc) is 3.55. The molecule has 0 fully saturated rings. The summed E-state index contributed by atoms with van der Waals surface area (Å²) >= 11 is 5.82. The average molecular weight is 504 g/mol. The predicted molar refractivity (Wildman–Crippen MR) is 159 cm³/mol. The first-order valence-electron chi connectivity index (χ1n) is 11.8. The van der Waals surface area contributed by atoms with Gasteiger partial charge in [-0.25, -0.2) is 0 Å². The Morgan fingerprint density at radius 1 is 0.486 bits per heavy atom. The van der Waals surface area contributed by atoms with Crippen LogP contribution in [0.4, 0.5) is 0 Å². The van der Waals surface area contributed by atoms with Gasteiger partial charge in [-0.1, -0.05) is 42.0 Å². The summed E-state index contributed by atoms with van der Waals surface area (Å²) in [4.78, 5) is 0. The van der Waals surface area contributed by atoms with Crippen molar-refractivity contribution in [1.29, 1.82) is 0 Å². The summed E-state index contributed by atoms with van der Waals surface area (Å²) < 4.78 is 10.9. The first-order valence-corrected chi connectivity index (χ1v) is 14.3. The van der Waals surface area contributed by atoms with Crippen LogP contribution in [-0.2, 0) is 0 Å². The van der Waals surface area contributed by atoms with E-state index in [4.69, 9.17) is 0 Å². The van der Waals surface area contributed by atoms with E-state index in [0.29, 0.717) is 0 Å². The Labute approximate surface area is 214 Å². The van der Waals surface area contributed by atoms with E-state index in [1.165, 1.54) is 83.2 Å². The Morgan fingerprint density at radius 2 is 1.06 bits per heavy atom. The van der Waals surface area contributed by atoms with Crippen LogP contribution in [0.15, 0.2) is 72.8 Å². The van der Waals surface area contributed by atoms with E-state index in [9.17, 15) is 0 Å². The van der Waals surface area contributed by atoms with Gasteiger partial charge in [-0.15, -0.1) is 34.0 Å². The standard InChI is InChI=1S/C31H21NS3/c1-16-4-8-19(9-5-16)32-24-14-23-27(35-30-21-11-7-18(3)13-26(21)34-31(23)30)15-22(24)29-28(32)20-10-6-17(2)12-25(20)33-29/h4-15H,1-3H3. The second-order valence-electron chi connectivity index (χ2n) is 9.68. The number of benzene rings is 4. The first-order chi connectivity index (χ1) is 17.0. The van der Waals surface area contributed by atoms with E-state index in [2.05, 4.69) is 98.1 Å². The zero-order valence-corrected chi connectivity index (χ0v) is 22.0. The molecule has 0 aliphatic carbocycles. The van der Waals surface area contributed by atoms with Gasteiger partial charge in [0.15, 0.2) is 0 Å². The molecule has 0 radical (unpaired) electrons. The number of fused-ring (bicyclic) bond motifs is 10. The Morgan fingerprint density at radius 3 is 1.80 bits per heavy atom. The van der Waals surface area contributed by atoms with Crippen LogP contribution in [0, 0.1) is 20.8 Å². The molecular formula is C31H21NS3. The third-order valence-electron chi connectivity index (χ3n) is 7.18. The van der Waals surface area contributed by atoms with Crippen molar-refractivity contribution in [1.82, 2.24) is 4.57 Å². The molecule has 0 aliphatic heterocycles. The SMILES string of the molecule is Cc1ccc(-n2c3cc4c(cc3c3sc5cc(C)ccc5c32)sc2c3ccc(C)cc3sc42)cc1. The minimum atomic E-state index is 1.23. The zero-order valence-electron chi connectivity index (χ0n) is 19.6. The van der Waals surface area contributed by atoms with Crippen LogP contribution < -0.4 is 0 Å². The highest BCUT2D eigenvalue weighted by molar-refractivity contribution is 7.36. The summed E-state index contributed by atoms with van der Waals surface area (Å²) in [5.74, 6) is 0. The van der Waals surface area contributed by atoms with E-state index in [1.54, 1.807) is 0 Å². The minimum absolute atomic E-state index is 1.23. The molecule has 0 N–H and O–H groups in total. The monoisotopic (exact) mass is 503 g/mol. The van der Waals surface area contributed by atoms with Crippen molar-refractivity contribution in [3.63, 3.8) is 0 Å². The number of hydrogen-bond acceptors (Lipinski definition) is 3. The lowest BCUT2D eigenvalue weighted by molar-refractivity contribution is 1.18. The van der Waals surface area contributed by atoms with Crippen LogP contribution >= 0.6 is 34.0 Å². The molecule has 0 bridgehead atoms. The van der Waals surface area contributed by atoms with Gasteiger partial charge in [0.1, 0.15) is 0 Å². The molecule has 0 saturated carbocycles. The largest absolute Gasteiger partial charge is 0.308 e. The molecule has 8 rings (SSSR count). The van der Waals surface area contributed by atoms with E-state index >= 15 is 0 Å². The maximum Gasteiger partial charge on any atom is 0.0727 e. The van der Waals surface area contributed by atoms with Crippen molar-refractivity contribution in [2.75, 3.05) is 0 Å². The van der Waals surface area contributed by atoms with E-state index in [-0.39, 0.29) is 0 Å². The quantitative estimate of drug-likeness (QED) is 0.210. The number of hydrogen-bond donors (Lipinski definition) is 0. The van der Waals surface area contributed by atoms with Gasteiger partial charge in [-0.05, 0) is 68.3 Å². The molecule has 4 heteroatoms. The fourth-order valence-electron chi connectivity index (χ4n) is 5.44. The van der Waals surface area contributed by atoms with Gasteiger partial charge < -0.3 is 4.57 Å².